The molecule has 1 heterocycles. The SMILES string of the molecule is COc1ccccc1OCc1cc(C(=O)O)sc1C. The Balaban J connectivity index is 2.12. The normalized spacial score (nSPS) is 10.2. The number of para-hydroxylation sites is 2. The van der Waals surface area contributed by atoms with E-state index in [0.717, 1.165) is 10.4 Å². The highest BCUT2D eigenvalue weighted by atomic mass is 32.1. The van der Waals surface area contributed by atoms with Crippen molar-refractivity contribution < 1.29 is 19.4 Å². The second kappa shape index (κ2) is 5.75. The summed E-state index contributed by atoms with van der Waals surface area (Å²) in [4.78, 5) is 12.2. The van der Waals surface area contributed by atoms with Crippen LogP contribution >= 0.6 is 11.3 Å². The van der Waals surface area contributed by atoms with Gasteiger partial charge in [0.25, 0.3) is 0 Å². The summed E-state index contributed by atoms with van der Waals surface area (Å²) in [5.74, 6) is 0.401. The fraction of sp³-hybridized carbons (Fsp3) is 0.214. The van der Waals surface area contributed by atoms with Gasteiger partial charge in [0.1, 0.15) is 11.5 Å². The summed E-state index contributed by atoms with van der Waals surface area (Å²) in [6.07, 6.45) is 0. The topological polar surface area (TPSA) is 55.8 Å². The van der Waals surface area contributed by atoms with E-state index in [9.17, 15) is 4.79 Å². The van der Waals surface area contributed by atoms with E-state index < -0.39 is 5.97 Å². The summed E-state index contributed by atoms with van der Waals surface area (Å²) in [7, 11) is 1.58. The van der Waals surface area contributed by atoms with Crippen LogP contribution in [0, 0.1) is 6.92 Å². The van der Waals surface area contributed by atoms with Crippen LogP contribution in [0.4, 0.5) is 0 Å². The van der Waals surface area contributed by atoms with E-state index in [4.69, 9.17) is 14.6 Å². The lowest BCUT2D eigenvalue weighted by Crippen LogP contribution is -1.98. The van der Waals surface area contributed by atoms with E-state index >= 15 is 0 Å². The molecule has 4 nitrogen and oxygen atoms in total. The second-order valence-electron chi connectivity index (χ2n) is 3.94. The van der Waals surface area contributed by atoms with Crippen LogP contribution in [0.25, 0.3) is 0 Å². The number of thiophene rings is 1. The van der Waals surface area contributed by atoms with Crippen molar-refractivity contribution in [2.24, 2.45) is 0 Å². The summed E-state index contributed by atoms with van der Waals surface area (Å²) in [5, 5.41) is 8.94. The van der Waals surface area contributed by atoms with Crippen LogP contribution in [0.3, 0.4) is 0 Å². The molecule has 2 rings (SSSR count). The van der Waals surface area contributed by atoms with E-state index in [2.05, 4.69) is 0 Å². The molecule has 2 aromatic rings. The van der Waals surface area contributed by atoms with Gasteiger partial charge in [-0.1, -0.05) is 12.1 Å². The third-order valence-electron chi connectivity index (χ3n) is 2.68. The summed E-state index contributed by atoms with van der Waals surface area (Å²) in [5.41, 5.74) is 0.883. The molecule has 0 spiro atoms. The third-order valence-corrected chi connectivity index (χ3v) is 3.76. The van der Waals surface area contributed by atoms with Crippen LogP contribution in [-0.2, 0) is 6.61 Å². The number of hydrogen-bond acceptors (Lipinski definition) is 4. The number of hydrogen-bond donors (Lipinski definition) is 1. The maximum Gasteiger partial charge on any atom is 0.345 e. The molecule has 5 heteroatoms. The first kappa shape index (κ1) is 13.4. The standard InChI is InChI=1S/C14H14O4S/c1-9-10(7-13(19-9)14(15)16)8-18-12-6-4-3-5-11(12)17-2/h3-7H,8H2,1-2H3,(H,15,16). The van der Waals surface area contributed by atoms with Crippen molar-refractivity contribution in [1.82, 2.24) is 0 Å². The van der Waals surface area contributed by atoms with Gasteiger partial charge in [-0.25, -0.2) is 4.79 Å². The highest BCUT2D eigenvalue weighted by Crippen LogP contribution is 2.28. The second-order valence-corrected chi connectivity index (χ2v) is 5.19. The lowest BCUT2D eigenvalue weighted by molar-refractivity contribution is 0.0702. The predicted molar refractivity (Wildman–Crippen MR) is 73.3 cm³/mol. The molecular weight excluding hydrogens is 264 g/mol. The van der Waals surface area contributed by atoms with Gasteiger partial charge in [-0.05, 0) is 25.1 Å². The fourth-order valence-electron chi connectivity index (χ4n) is 1.66. The molecule has 19 heavy (non-hydrogen) atoms. The zero-order chi connectivity index (χ0) is 13.8. The van der Waals surface area contributed by atoms with E-state index in [0.29, 0.717) is 23.0 Å². The van der Waals surface area contributed by atoms with Crippen molar-refractivity contribution in [3.05, 3.63) is 45.6 Å². The third kappa shape index (κ3) is 3.06. The minimum atomic E-state index is -0.906. The maximum absolute atomic E-state index is 10.9. The Labute approximate surface area is 115 Å². The van der Waals surface area contributed by atoms with E-state index in [1.54, 1.807) is 13.2 Å². The molecule has 0 aliphatic carbocycles. The molecule has 0 atom stereocenters. The Hall–Kier alpha value is -2.01. The predicted octanol–water partition coefficient (Wildman–Crippen LogP) is 3.34. The van der Waals surface area contributed by atoms with Crippen LogP contribution in [0.1, 0.15) is 20.1 Å². The number of ether oxygens (including phenoxy) is 2. The Morgan fingerprint density at radius 2 is 2.00 bits per heavy atom. The van der Waals surface area contributed by atoms with Crippen molar-refractivity contribution in [3.8, 4) is 11.5 Å². The van der Waals surface area contributed by atoms with Crippen LogP contribution in [-0.4, -0.2) is 18.2 Å². The van der Waals surface area contributed by atoms with Crippen LogP contribution in [0.2, 0.25) is 0 Å². The Morgan fingerprint density at radius 3 is 2.58 bits per heavy atom. The summed E-state index contributed by atoms with van der Waals surface area (Å²) in [6.45, 7) is 2.22. The molecule has 0 aliphatic rings. The lowest BCUT2D eigenvalue weighted by atomic mass is 10.2. The number of carboxylic acid groups (broad SMARTS) is 1. The molecule has 0 bridgehead atoms. The van der Waals surface area contributed by atoms with Gasteiger partial charge in [0.15, 0.2) is 11.5 Å². The number of methoxy groups -OCH3 is 1. The zero-order valence-electron chi connectivity index (χ0n) is 10.7. The van der Waals surface area contributed by atoms with Gasteiger partial charge in [0.05, 0.1) is 7.11 Å². The smallest absolute Gasteiger partial charge is 0.345 e. The fourth-order valence-corrected chi connectivity index (χ4v) is 2.53. The van der Waals surface area contributed by atoms with Gasteiger partial charge < -0.3 is 14.6 Å². The molecule has 1 aromatic carbocycles. The Bertz CT molecular complexity index is 589. The van der Waals surface area contributed by atoms with Gasteiger partial charge >= 0.3 is 5.97 Å². The monoisotopic (exact) mass is 278 g/mol. The number of aryl methyl sites for hydroxylation is 1. The molecule has 0 saturated heterocycles. The molecule has 0 aliphatic heterocycles. The number of carboxylic acids is 1. The Morgan fingerprint density at radius 1 is 1.32 bits per heavy atom. The van der Waals surface area contributed by atoms with Gasteiger partial charge in [-0.2, -0.15) is 0 Å². The summed E-state index contributed by atoms with van der Waals surface area (Å²) in [6, 6.07) is 9.01. The first-order chi connectivity index (χ1) is 9.11. The first-order valence-electron chi connectivity index (χ1n) is 5.70. The zero-order valence-corrected chi connectivity index (χ0v) is 11.5. The molecule has 0 saturated carbocycles. The number of rotatable bonds is 5. The van der Waals surface area contributed by atoms with Crippen molar-refractivity contribution in [1.29, 1.82) is 0 Å². The molecule has 0 radical (unpaired) electrons. The van der Waals surface area contributed by atoms with Gasteiger partial charge in [-0.15, -0.1) is 11.3 Å². The average molecular weight is 278 g/mol. The summed E-state index contributed by atoms with van der Waals surface area (Å²) < 4.78 is 10.9. The van der Waals surface area contributed by atoms with Crippen LogP contribution < -0.4 is 9.47 Å². The number of benzene rings is 1. The number of aromatic carboxylic acids is 1. The van der Waals surface area contributed by atoms with E-state index in [1.165, 1.54) is 11.3 Å². The lowest BCUT2D eigenvalue weighted by Gasteiger charge is -2.09. The molecule has 1 aromatic heterocycles. The molecule has 100 valence electrons. The molecule has 0 unspecified atom stereocenters. The minimum absolute atomic E-state index is 0.329. The van der Waals surface area contributed by atoms with Gasteiger partial charge in [0, 0.05) is 10.4 Å². The Kier molecular flexibility index (Phi) is 4.06. The average Bonchev–Trinajstić information content (AvgIpc) is 2.78. The van der Waals surface area contributed by atoms with E-state index in [-0.39, 0.29) is 0 Å². The molecule has 1 N–H and O–H groups in total. The van der Waals surface area contributed by atoms with Crippen molar-refractivity contribution >= 4 is 17.3 Å². The van der Waals surface area contributed by atoms with Crippen LogP contribution in [0.5, 0.6) is 11.5 Å². The quantitative estimate of drug-likeness (QED) is 0.911. The van der Waals surface area contributed by atoms with Crippen molar-refractivity contribution in [3.63, 3.8) is 0 Å². The minimum Gasteiger partial charge on any atom is -0.493 e. The molecule has 0 amide bonds. The molecular formula is C14H14O4S. The molecule has 0 fully saturated rings. The maximum atomic E-state index is 10.9. The largest absolute Gasteiger partial charge is 0.493 e. The van der Waals surface area contributed by atoms with Crippen molar-refractivity contribution in [2.45, 2.75) is 13.5 Å². The van der Waals surface area contributed by atoms with Crippen molar-refractivity contribution in [2.75, 3.05) is 7.11 Å². The van der Waals surface area contributed by atoms with Gasteiger partial charge in [0.2, 0.25) is 0 Å². The first-order valence-corrected chi connectivity index (χ1v) is 6.52. The highest BCUT2D eigenvalue weighted by molar-refractivity contribution is 7.14. The summed E-state index contributed by atoms with van der Waals surface area (Å²) >= 11 is 1.26. The number of carbonyl (C=O) groups is 1. The highest BCUT2D eigenvalue weighted by Gasteiger charge is 2.12. The van der Waals surface area contributed by atoms with E-state index in [1.807, 2.05) is 31.2 Å². The van der Waals surface area contributed by atoms with Gasteiger partial charge in [-0.3, -0.25) is 0 Å². The van der Waals surface area contributed by atoms with Crippen LogP contribution in [0.15, 0.2) is 30.3 Å².